The van der Waals surface area contributed by atoms with Crippen LogP contribution in [0.5, 0.6) is 11.5 Å². The van der Waals surface area contributed by atoms with Gasteiger partial charge in [-0.2, -0.15) is 0 Å². The number of ether oxygens (including phenoxy) is 2. The second-order valence-electron chi connectivity index (χ2n) is 4.55. The van der Waals surface area contributed by atoms with E-state index in [4.69, 9.17) is 9.47 Å². The minimum atomic E-state index is 0.516. The lowest BCUT2D eigenvalue weighted by atomic mass is 10.2. The van der Waals surface area contributed by atoms with Crippen molar-refractivity contribution in [3.8, 4) is 11.5 Å². The second kappa shape index (κ2) is 8.70. The lowest BCUT2D eigenvalue weighted by Crippen LogP contribution is -2.12. The summed E-state index contributed by atoms with van der Waals surface area (Å²) in [6.45, 7) is 5.00. The molecule has 0 bridgehead atoms. The third-order valence-corrected chi connectivity index (χ3v) is 3.60. The van der Waals surface area contributed by atoms with Gasteiger partial charge in [0.15, 0.2) is 0 Å². The molecule has 112 valence electrons. The van der Waals surface area contributed by atoms with Gasteiger partial charge >= 0.3 is 0 Å². The fourth-order valence-corrected chi connectivity index (χ4v) is 2.25. The smallest absolute Gasteiger partial charge is 0.133 e. The third-order valence-electron chi connectivity index (χ3n) is 2.95. The molecule has 0 saturated carbocycles. The van der Waals surface area contributed by atoms with E-state index in [9.17, 15) is 0 Å². The Kier molecular flexibility index (Phi) is 6.57. The van der Waals surface area contributed by atoms with Crippen LogP contribution in [0.15, 0.2) is 53.0 Å². The molecular weight excluding hydrogens is 330 g/mol. The highest BCUT2D eigenvalue weighted by atomic mass is 79.9. The fourth-order valence-electron chi connectivity index (χ4n) is 1.85. The van der Waals surface area contributed by atoms with Crippen LogP contribution in [0.25, 0.3) is 0 Å². The topological polar surface area (TPSA) is 30.5 Å². The molecular formula is C17H20BrNO2. The number of halogens is 1. The van der Waals surface area contributed by atoms with Crippen LogP contribution in [0.1, 0.15) is 12.5 Å². The number of hydrogen-bond acceptors (Lipinski definition) is 3. The first kappa shape index (κ1) is 15.9. The zero-order valence-electron chi connectivity index (χ0n) is 12.1. The van der Waals surface area contributed by atoms with Gasteiger partial charge in [0, 0.05) is 6.54 Å². The predicted molar refractivity (Wildman–Crippen MR) is 89.0 cm³/mol. The van der Waals surface area contributed by atoms with Crippen LogP contribution in [0, 0.1) is 0 Å². The van der Waals surface area contributed by atoms with Crippen LogP contribution in [0.3, 0.4) is 0 Å². The van der Waals surface area contributed by atoms with Crippen LogP contribution in [0.2, 0.25) is 0 Å². The standard InChI is InChI=1S/C17H20BrNO2/c1-2-19-13-14-7-9-15(10-8-14)20-11-12-21-17-6-4-3-5-16(17)18/h3-10,19H,2,11-13H2,1H3. The maximum absolute atomic E-state index is 5.67. The molecule has 0 saturated heterocycles. The minimum Gasteiger partial charge on any atom is -0.490 e. The zero-order valence-corrected chi connectivity index (χ0v) is 13.7. The summed E-state index contributed by atoms with van der Waals surface area (Å²) in [5.41, 5.74) is 1.26. The summed E-state index contributed by atoms with van der Waals surface area (Å²) in [5.74, 6) is 1.70. The third kappa shape index (κ3) is 5.40. The van der Waals surface area contributed by atoms with Crippen molar-refractivity contribution in [3.63, 3.8) is 0 Å². The number of para-hydroxylation sites is 1. The molecule has 0 amide bonds. The molecule has 4 heteroatoms. The van der Waals surface area contributed by atoms with Crippen molar-refractivity contribution in [1.82, 2.24) is 5.32 Å². The Morgan fingerprint density at radius 3 is 2.38 bits per heavy atom. The van der Waals surface area contributed by atoms with E-state index >= 15 is 0 Å². The summed E-state index contributed by atoms with van der Waals surface area (Å²) in [4.78, 5) is 0. The van der Waals surface area contributed by atoms with Gasteiger partial charge in [-0.3, -0.25) is 0 Å². The van der Waals surface area contributed by atoms with Crippen molar-refractivity contribution < 1.29 is 9.47 Å². The quantitative estimate of drug-likeness (QED) is 0.730. The lowest BCUT2D eigenvalue weighted by molar-refractivity contribution is 0.216. The average Bonchev–Trinajstić information content (AvgIpc) is 2.52. The van der Waals surface area contributed by atoms with Crippen LogP contribution < -0.4 is 14.8 Å². The largest absolute Gasteiger partial charge is 0.490 e. The van der Waals surface area contributed by atoms with E-state index in [0.29, 0.717) is 13.2 Å². The number of nitrogens with one attached hydrogen (secondary N) is 1. The molecule has 0 heterocycles. The molecule has 2 aromatic rings. The van der Waals surface area contributed by atoms with Gasteiger partial charge in [0.05, 0.1) is 4.47 Å². The van der Waals surface area contributed by atoms with Crippen LogP contribution in [-0.4, -0.2) is 19.8 Å². The Balaban J connectivity index is 1.72. The van der Waals surface area contributed by atoms with Crippen molar-refractivity contribution in [2.45, 2.75) is 13.5 Å². The Bertz CT molecular complexity index is 543. The molecule has 0 fully saturated rings. The lowest BCUT2D eigenvalue weighted by Gasteiger charge is -2.10. The van der Waals surface area contributed by atoms with Gasteiger partial charge in [0.2, 0.25) is 0 Å². The molecule has 0 aliphatic heterocycles. The normalized spacial score (nSPS) is 10.4. The molecule has 0 atom stereocenters. The van der Waals surface area contributed by atoms with Crippen molar-refractivity contribution in [3.05, 3.63) is 58.6 Å². The van der Waals surface area contributed by atoms with Crippen LogP contribution in [-0.2, 0) is 6.54 Å². The molecule has 3 nitrogen and oxygen atoms in total. The molecule has 2 rings (SSSR count). The van der Waals surface area contributed by atoms with Gasteiger partial charge < -0.3 is 14.8 Å². The van der Waals surface area contributed by atoms with Crippen LogP contribution in [0.4, 0.5) is 0 Å². The maximum Gasteiger partial charge on any atom is 0.133 e. The Labute approximate surface area is 134 Å². The fraction of sp³-hybridized carbons (Fsp3) is 0.294. The molecule has 0 aliphatic rings. The van der Waals surface area contributed by atoms with E-state index in [-0.39, 0.29) is 0 Å². The molecule has 2 aromatic carbocycles. The highest BCUT2D eigenvalue weighted by Crippen LogP contribution is 2.23. The summed E-state index contributed by atoms with van der Waals surface area (Å²) in [5, 5.41) is 3.29. The predicted octanol–water partition coefficient (Wildman–Crippen LogP) is 4.02. The highest BCUT2D eigenvalue weighted by Gasteiger charge is 2.00. The van der Waals surface area contributed by atoms with Crippen molar-refractivity contribution in [2.24, 2.45) is 0 Å². The van der Waals surface area contributed by atoms with E-state index in [1.165, 1.54) is 5.56 Å². The number of benzene rings is 2. The van der Waals surface area contributed by atoms with Crippen molar-refractivity contribution >= 4 is 15.9 Å². The number of rotatable bonds is 8. The van der Waals surface area contributed by atoms with Gasteiger partial charge in [-0.05, 0) is 52.3 Å². The summed E-state index contributed by atoms with van der Waals surface area (Å²) in [7, 11) is 0. The Morgan fingerprint density at radius 2 is 1.67 bits per heavy atom. The molecule has 21 heavy (non-hydrogen) atoms. The van der Waals surface area contributed by atoms with Gasteiger partial charge in [-0.1, -0.05) is 31.2 Å². The highest BCUT2D eigenvalue weighted by molar-refractivity contribution is 9.10. The SMILES string of the molecule is CCNCc1ccc(OCCOc2ccccc2Br)cc1. The maximum atomic E-state index is 5.67. The first-order valence-electron chi connectivity index (χ1n) is 7.09. The zero-order chi connectivity index (χ0) is 14.9. The van der Waals surface area contributed by atoms with Gasteiger partial charge in [0.1, 0.15) is 24.7 Å². The van der Waals surface area contributed by atoms with E-state index in [1.807, 2.05) is 36.4 Å². The van der Waals surface area contributed by atoms with Gasteiger partial charge in [-0.25, -0.2) is 0 Å². The molecule has 0 aliphatic carbocycles. The van der Waals surface area contributed by atoms with E-state index in [1.54, 1.807) is 0 Å². The molecule has 0 aromatic heterocycles. The molecule has 0 unspecified atom stereocenters. The number of hydrogen-bond donors (Lipinski definition) is 1. The summed E-state index contributed by atoms with van der Waals surface area (Å²) >= 11 is 3.45. The first-order chi connectivity index (χ1) is 10.3. The molecule has 0 spiro atoms. The van der Waals surface area contributed by atoms with E-state index in [2.05, 4.69) is 40.3 Å². The summed E-state index contributed by atoms with van der Waals surface area (Å²) in [6.07, 6.45) is 0. The monoisotopic (exact) mass is 349 g/mol. The van der Waals surface area contributed by atoms with Gasteiger partial charge in [-0.15, -0.1) is 0 Å². The Morgan fingerprint density at radius 1 is 0.952 bits per heavy atom. The molecule has 1 N–H and O–H groups in total. The van der Waals surface area contributed by atoms with Crippen molar-refractivity contribution in [2.75, 3.05) is 19.8 Å². The Hall–Kier alpha value is -1.52. The van der Waals surface area contributed by atoms with Crippen LogP contribution >= 0.6 is 15.9 Å². The minimum absolute atomic E-state index is 0.516. The van der Waals surface area contributed by atoms with E-state index < -0.39 is 0 Å². The van der Waals surface area contributed by atoms with Crippen molar-refractivity contribution in [1.29, 1.82) is 0 Å². The summed E-state index contributed by atoms with van der Waals surface area (Å²) in [6, 6.07) is 15.9. The summed E-state index contributed by atoms with van der Waals surface area (Å²) < 4.78 is 12.3. The molecule has 0 radical (unpaired) electrons. The first-order valence-corrected chi connectivity index (χ1v) is 7.88. The van der Waals surface area contributed by atoms with Gasteiger partial charge in [0.25, 0.3) is 0 Å². The average molecular weight is 350 g/mol. The second-order valence-corrected chi connectivity index (χ2v) is 5.41. The van der Waals surface area contributed by atoms with E-state index in [0.717, 1.165) is 29.1 Å².